The number of aromatic nitrogens is 4. The van der Waals surface area contributed by atoms with E-state index in [0.717, 1.165) is 58.2 Å². The molecule has 2 aromatic rings. The Balaban J connectivity index is 1.43. The fourth-order valence-electron chi connectivity index (χ4n) is 3.96. The number of likely N-dealkylation sites (tertiary alicyclic amines) is 1. The van der Waals surface area contributed by atoms with Gasteiger partial charge in [-0.05, 0) is 19.4 Å². The molecule has 1 spiro atoms. The summed E-state index contributed by atoms with van der Waals surface area (Å²) in [6, 6.07) is 0. The summed E-state index contributed by atoms with van der Waals surface area (Å²) in [7, 11) is 0. The van der Waals surface area contributed by atoms with Crippen LogP contribution in [0.2, 0.25) is 0 Å². The molecule has 0 aromatic carbocycles. The van der Waals surface area contributed by atoms with Crippen LogP contribution < -0.4 is 0 Å². The van der Waals surface area contributed by atoms with Gasteiger partial charge in [-0.15, -0.1) is 11.3 Å². The first-order chi connectivity index (χ1) is 11.8. The van der Waals surface area contributed by atoms with Crippen LogP contribution in [0.4, 0.5) is 0 Å². The highest BCUT2D eigenvalue weighted by molar-refractivity contribution is 7.09. The van der Waals surface area contributed by atoms with Crippen LogP contribution in [-0.4, -0.2) is 69.6 Å². The predicted octanol–water partition coefficient (Wildman–Crippen LogP) is 1.38. The van der Waals surface area contributed by atoms with Gasteiger partial charge in [0.25, 0.3) is 0 Å². The average Bonchev–Trinajstić information content (AvgIpc) is 3.22. The van der Waals surface area contributed by atoms with Crippen LogP contribution in [0.1, 0.15) is 23.5 Å². The van der Waals surface area contributed by atoms with Crippen LogP contribution >= 0.6 is 11.3 Å². The first-order valence-corrected chi connectivity index (χ1v) is 9.45. The van der Waals surface area contributed by atoms with E-state index in [1.165, 1.54) is 17.8 Å². The lowest BCUT2D eigenvalue weighted by atomic mass is 9.80. The van der Waals surface area contributed by atoms with Crippen molar-refractivity contribution in [2.75, 3.05) is 39.4 Å². The van der Waals surface area contributed by atoms with Crippen molar-refractivity contribution in [3.8, 4) is 0 Å². The van der Waals surface area contributed by atoms with E-state index in [0.29, 0.717) is 0 Å². The molecule has 0 amide bonds. The smallest absolute Gasteiger partial charge is 0.107 e. The number of H-pyrrole nitrogens is 1. The standard InChI is InChI=1S/C16H24N6OS/c1-2-16(11-21(4-1)10-15-17-3-7-24-15)12-22(5-6-23-13-16)9-14-8-18-20-19-14/h3,7-8H,1-2,4-6,9-13H2,(H,18,19,20)/t16-/m1/s1. The van der Waals surface area contributed by atoms with Crippen LogP contribution in [0, 0.1) is 5.41 Å². The number of hydrogen-bond acceptors (Lipinski definition) is 7. The molecular weight excluding hydrogens is 324 g/mol. The molecule has 0 radical (unpaired) electrons. The second-order valence-corrected chi connectivity index (χ2v) is 7.94. The molecule has 0 aliphatic carbocycles. The van der Waals surface area contributed by atoms with Crippen LogP contribution in [0.25, 0.3) is 0 Å². The number of rotatable bonds is 4. The normalized spacial score (nSPS) is 26.7. The van der Waals surface area contributed by atoms with Crippen molar-refractivity contribution in [2.45, 2.75) is 25.9 Å². The largest absolute Gasteiger partial charge is 0.379 e. The van der Waals surface area contributed by atoms with Gasteiger partial charge in [-0.2, -0.15) is 15.4 Å². The summed E-state index contributed by atoms with van der Waals surface area (Å²) in [5, 5.41) is 14.1. The van der Waals surface area contributed by atoms with Crippen molar-refractivity contribution >= 4 is 11.3 Å². The highest BCUT2D eigenvalue weighted by Crippen LogP contribution is 2.34. The molecule has 4 rings (SSSR count). The molecule has 2 aromatic heterocycles. The van der Waals surface area contributed by atoms with Crippen molar-refractivity contribution in [1.82, 2.24) is 30.2 Å². The fourth-order valence-corrected chi connectivity index (χ4v) is 4.62. The number of ether oxygens (including phenoxy) is 1. The van der Waals surface area contributed by atoms with Gasteiger partial charge < -0.3 is 4.74 Å². The Morgan fingerprint density at radius 3 is 2.96 bits per heavy atom. The molecule has 2 fully saturated rings. The quantitative estimate of drug-likeness (QED) is 0.900. The molecule has 1 atom stereocenters. The SMILES string of the molecule is c1csc(CN2CCC[C@@]3(COCCN(Cc4cn[nH]n4)C3)C2)n1. The van der Waals surface area contributed by atoms with Gasteiger partial charge in [0.05, 0.1) is 31.6 Å². The Hall–Kier alpha value is -1.35. The van der Waals surface area contributed by atoms with E-state index in [1.807, 2.05) is 12.4 Å². The Morgan fingerprint density at radius 1 is 1.25 bits per heavy atom. The minimum absolute atomic E-state index is 0.218. The summed E-state index contributed by atoms with van der Waals surface area (Å²) in [6.07, 6.45) is 6.17. The fraction of sp³-hybridized carbons (Fsp3) is 0.688. The number of nitrogens with one attached hydrogen (secondary N) is 1. The lowest BCUT2D eigenvalue weighted by Crippen LogP contribution is -2.50. The van der Waals surface area contributed by atoms with E-state index in [2.05, 4.69) is 35.6 Å². The van der Waals surface area contributed by atoms with Gasteiger partial charge in [0.2, 0.25) is 0 Å². The third-order valence-corrected chi connectivity index (χ3v) is 5.72. The van der Waals surface area contributed by atoms with Gasteiger partial charge in [-0.25, -0.2) is 4.98 Å². The number of hydrogen-bond donors (Lipinski definition) is 1. The Labute approximate surface area is 146 Å². The van der Waals surface area contributed by atoms with Gasteiger partial charge in [-0.1, -0.05) is 0 Å². The third-order valence-electron chi connectivity index (χ3n) is 4.95. The zero-order valence-electron chi connectivity index (χ0n) is 13.9. The van der Waals surface area contributed by atoms with Crippen LogP contribution in [0.3, 0.4) is 0 Å². The molecule has 0 saturated carbocycles. The summed E-state index contributed by atoms with van der Waals surface area (Å²) >= 11 is 1.75. The highest BCUT2D eigenvalue weighted by atomic mass is 32.1. The first kappa shape index (κ1) is 16.1. The number of thiazole rings is 1. The van der Waals surface area contributed by atoms with Gasteiger partial charge in [0.1, 0.15) is 5.01 Å². The van der Waals surface area contributed by atoms with E-state index in [9.17, 15) is 0 Å². The molecule has 4 heterocycles. The average molecular weight is 348 g/mol. The minimum Gasteiger partial charge on any atom is -0.379 e. The van der Waals surface area contributed by atoms with E-state index in [1.54, 1.807) is 11.3 Å². The van der Waals surface area contributed by atoms with Crippen LogP contribution in [-0.2, 0) is 17.8 Å². The maximum Gasteiger partial charge on any atom is 0.107 e. The number of aromatic amines is 1. The molecule has 2 aliphatic heterocycles. The Kier molecular flexibility index (Phi) is 4.88. The number of nitrogens with zero attached hydrogens (tertiary/aromatic N) is 5. The van der Waals surface area contributed by atoms with Gasteiger partial charge in [-0.3, -0.25) is 9.80 Å². The van der Waals surface area contributed by atoms with Crippen LogP contribution in [0.15, 0.2) is 17.8 Å². The van der Waals surface area contributed by atoms with Crippen molar-refractivity contribution < 1.29 is 4.74 Å². The first-order valence-electron chi connectivity index (χ1n) is 8.57. The van der Waals surface area contributed by atoms with E-state index < -0.39 is 0 Å². The number of piperidine rings is 1. The van der Waals surface area contributed by atoms with E-state index >= 15 is 0 Å². The van der Waals surface area contributed by atoms with Crippen molar-refractivity contribution in [1.29, 1.82) is 0 Å². The molecule has 8 heteroatoms. The monoisotopic (exact) mass is 348 g/mol. The van der Waals surface area contributed by atoms with Crippen LogP contribution in [0.5, 0.6) is 0 Å². The molecule has 1 N–H and O–H groups in total. The maximum absolute atomic E-state index is 6.00. The van der Waals surface area contributed by atoms with E-state index in [4.69, 9.17) is 4.74 Å². The maximum atomic E-state index is 6.00. The topological polar surface area (TPSA) is 70.2 Å². The van der Waals surface area contributed by atoms with Gasteiger partial charge in [0, 0.05) is 43.2 Å². The summed E-state index contributed by atoms with van der Waals surface area (Å²) in [6.45, 7) is 7.72. The zero-order chi connectivity index (χ0) is 16.2. The van der Waals surface area contributed by atoms with Gasteiger partial charge in [0.15, 0.2) is 0 Å². The Morgan fingerprint density at radius 2 is 2.17 bits per heavy atom. The summed E-state index contributed by atoms with van der Waals surface area (Å²) in [4.78, 5) is 9.46. The third kappa shape index (κ3) is 3.83. The molecule has 24 heavy (non-hydrogen) atoms. The van der Waals surface area contributed by atoms with Crippen molar-refractivity contribution in [3.63, 3.8) is 0 Å². The second kappa shape index (κ2) is 7.26. The zero-order valence-corrected chi connectivity index (χ0v) is 14.7. The Bertz CT molecular complexity index is 619. The molecular formula is C16H24N6OS. The molecule has 2 aliphatic rings. The van der Waals surface area contributed by atoms with Gasteiger partial charge >= 0.3 is 0 Å². The second-order valence-electron chi connectivity index (χ2n) is 6.96. The van der Waals surface area contributed by atoms with E-state index in [-0.39, 0.29) is 5.41 Å². The molecule has 0 unspecified atom stereocenters. The minimum atomic E-state index is 0.218. The molecule has 130 valence electrons. The van der Waals surface area contributed by atoms with Crippen molar-refractivity contribution in [2.24, 2.45) is 5.41 Å². The lowest BCUT2D eigenvalue weighted by molar-refractivity contribution is 0.00240. The summed E-state index contributed by atoms with van der Waals surface area (Å²) in [5.41, 5.74) is 1.22. The summed E-state index contributed by atoms with van der Waals surface area (Å²) < 4.78 is 6.00. The molecule has 0 bridgehead atoms. The molecule has 7 nitrogen and oxygen atoms in total. The highest BCUT2D eigenvalue weighted by Gasteiger charge is 2.39. The summed E-state index contributed by atoms with van der Waals surface area (Å²) in [5.74, 6) is 0. The van der Waals surface area contributed by atoms with Crippen molar-refractivity contribution in [3.05, 3.63) is 28.5 Å². The molecule has 2 saturated heterocycles. The predicted molar refractivity (Wildman–Crippen MR) is 91.5 cm³/mol. The lowest BCUT2D eigenvalue weighted by Gasteiger charge is -2.43.